The molecule has 136 valence electrons. The van der Waals surface area contributed by atoms with Crippen LogP contribution in [0.3, 0.4) is 0 Å². The topological polar surface area (TPSA) is 123 Å². The molecule has 26 heavy (non-hydrogen) atoms. The lowest BCUT2D eigenvalue weighted by Crippen LogP contribution is -2.33. The Morgan fingerprint density at radius 2 is 1.85 bits per heavy atom. The molecule has 0 atom stereocenters. The number of hydrogen-bond donors (Lipinski definition) is 3. The monoisotopic (exact) mass is 358 g/mol. The molecule has 0 unspecified atom stereocenters. The van der Waals surface area contributed by atoms with E-state index in [2.05, 4.69) is 20.5 Å². The number of anilines is 1. The number of benzene rings is 1. The molecule has 2 heterocycles. The van der Waals surface area contributed by atoms with Crippen LogP contribution in [0.25, 0.3) is 0 Å². The first kappa shape index (κ1) is 17.6. The summed E-state index contributed by atoms with van der Waals surface area (Å²) in [6.45, 7) is 4.08. The van der Waals surface area contributed by atoms with Gasteiger partial charge in [0, 0.05) is 17.7 Å². The minimum absolute atomic E-state index is 0.197. The fourth-order valence-electron chi connectivity index (χ4n) is 2.95. The van der Waals surface area contributed by atoms with Crippen LogP contribution in [0.5, 0.6) is 0 Å². The van der Waals surface area contributed by atoms with Gasteiger partial charge in [-0.3, -0.25) is 4.79 Å². The average Bonchev–Trinajstić information content (AvgIpc) is 3.13. The molecule has 0 spiro atoms. The maximum absolute atomic E-state index is 12.5. The Kier molecular flexibility index (Phi) is 4.25. The highest BCUT2D eigenvalue weighted by Gasteiger charge is 2.38. The van der Waals surface area contributed by atoms with Crippen molar-refractivity contribution < 1.29 is 24.2 Å². The number of nitrogens with zero attached hydrogens (tertiary/aromatic N) is 2. The molecular formula is C17H18N4O5. The first-order chi connectivity index (χ1) is 12.2. The second kappa shape index (κ2) is 6.26. The lowest BCUT2D eigenvalue weighted by atomic mass is 10.0. The number of ether oxygens (including phenoxy) is 1. The van der Waals surface area contributed by atoms with Gasteiger partial charge in [0.15, 0.2) is 5.82 Å². The van der Waals surface area contributed by atoms with E-state index in [4.69, 9.17) is 0 Å². The molecule has 3 N–H and O–H groups in total. The van der Waals surface area contributed by atoms with Crippen LogP contribution in [-0.4, -0.2) is 40.0 Å². The second-order valence-electron chi connectivity index (χ2n) is 6.37. The van der Waals surface area contributed by atoms with Crippen LogP contribution in [0, 0.1) is 0 Å². The SMILES string of the molecule is COC(=O)c1ccc(C(=O)Nc2nn(C(=O)O)c3c2CNC3(C)C)cc1. The normalized spacial score (nSPS) is 14.6. The molecule has 3 rings (SSSR count). The van der Waals surface area contributed by atoms with E-state index >= 15 is 0 Å². The number of carbonyl (C=O) groups excluding carboxylic acids is 2. The fourth-order valence-corrected chi connectivity index (χ4v) is 2.95. The van der Waals surface area contributed by atoms with Crippen molar-refractivity contribution in [3.05, 3.63) is 46.6 Å². The number of esters is 1. The Morgan fingerprint density at radius 3 is 2.42 bits per heavy atom. The maximum atomic E-state index is 12.5. The molecule has 0 aliphatic carbocycles. The Balaban J connectivity index is 1.88. The van der Waals surface area contributed by atoms with Crippen molar-refractivity contribution in [3.8, 4) is 0 Å². The van der Waals surface area contributed by atoms with Gasteiger partial charge in [-0.2, -0.15) is 4.68 Å². The Bertz CT molecular complexity index is 899. The van der Waals surface area contributed by atoms with E-state index in [1.807, 2.05) is 13.8 Å². The summed E-state index contributed by atoms with van der Waals surface area (Å²) in [4.78, 5) is 35.4. The summed E-state index contributed by atoms with van der Waals surface area (Å²) in [7, 11) is 1.28. The number of methoxy groups -OCH3 is 1. The maximum Gasteiger partial charge on any atom is 0.432 e. The highest BCUT2D eigenvalue weighted by molar-refractivity contribution is 6.05. The summed E-state index contributed by atoms with van der Waals surface area (Å²) < 4.78 is 5.49. The molecule has 1 aromatic heterocycles. The molecule has 0 saturated heterocycles. The zero-order valence-corrected chi connectivity index (χ0v) is 14.5. The van der Waals surface area contributed by atoms with Gasteiger partial charge in [0.05, 0.1) is 23.9 Å². The molecule has 1 aliphatic rings. The van der Waals surface area contributed by atoms with Gasteiger partial charge in [0.2, 0.25) is 0 Å². The lowest BCUT2D eigenvalue weighted by molar-refractivity contribution is 0.0600. The number of amides is 1. The minimum Gasteiger partial charge on any atom is -0.465 e. The standard InChI is InChI=1S/C17H18N4O5/c1-17(2)12-11(8-18-17)13(20-21(12)16(24)25)19-14(22)9-4-6-10(7-5-9)15(23)26-3/h4-7,18H,8H2,1-3H3,(H,24,25)(H,19,20,22). The number of hydrogen-bond acceptors (Lipinski definition) is 6. The van der Waals surface area contributed by atoms with Gasteiger partial charge < -0.3 is 20.5 Å². The fraction of sp³-hybridized carbons (Fsp3) is 0.294. The molecule has 0 radical (unpaired) electrons. The first-order valence-electron chi connectivity index (χ1n) is 7.85. The Morgan fingerprint density at radius 1 is 1.23 bits per heavy atom. The van der Waals surface area contributed by atoms with Crippen LogP contribution >= 0.6 is 0 Å². The van der Waals surface area contributed by atoms with E-state index < -0.39 is 23.5 Å². The molecule has 1 aromatic carbocycles. The van der Waals surface area contributed by atoms with Crippen molar-refractivity contribution in [2.45, 2.75) is 25.9 Å². The summed E-state index contributed by atoms with van der Waals surface area (Å²) in [6, 6.07) is 5.92. The van der Waals surface area contributed by atoms with Gasteiger partial charge in [0.1, 0.15) is 0 Å². The Labute approximate surface area is 149 Å². The molecule has 9 nitrogen and oxygen atoms in total. The molecular weight excluding hydrogens is 340 g/mol. The molecule has 0 fully saturated rings. The number of rotatable bonds is 3. The number of fused-ring (bicyclic) bond motifs is 1. The zero-order chi connectivity index (χ0) is 19.1. The lowest BCUT2D eigenvalue weighted by Gasteiger charge is -2.19. The smallest absolute Gasteiger partial charge is 0.432 e. The van der Waals surface area contributed by atoms with Crippen molar-refractivity contribution >= 4 is 23.8 Å². The van der Waals surface area contributed by atoms with E-state index in [1.165, 1.54) is 31.4 Å². The summed E-state index contributed by atoms with van der Waals surface area (Å²) in [5.41, 5.74) is 1.19. The van der Waals surface area contributed by atoms with Gasteiger partial charge in [-0.05, 0) is 38.1 Å². The number of carboxylic acid groups (broad SMARTS) is 1. The molecule has 1 aliphatic heterocycles. The molecule has 0 saturated carbocycles. The van der Waals surface area contributed by atoms with Crippen molar-refractivity contribution in [2.24, 2.45) is 0 Å². The van der Waals surface area contributed by atoms with Crippen LogP contribution in [0.15, 0.2) is 24.3 Å². The predicted molar refractivity (Wildman–Crippen MR) is 91.3 cm³/mol. The largest absolute Gasteiger partial charge is 0.465 e. The molecule has 9 heteroatoms. The second-order valence-corrected chi connectivity index (χ2v) is 6.37. The van der Waals surface area contributed by atoms with Crippen LogP contribution in [0.1, 0.15) is 45.8 Å². The minimum atomic E-state index is -1.22. The van der Waals surface area contributed by atoms with Crippen molar-refractivity contribution in [1.82, 2.24) is 15.1 Å². The molecule has 1 amide bonds. The third-order valence-electron chi connectivity index (χ3n) is 4.26. The molecule has 0 bridgehead atoms. The van der Waals surface area contributed by atoms with Crippen molar-refractivity contribution in [1.29, 1.82) is 0 Å². The summed E-state index contributed by atoms with van der Waals surface area (Å²) >= 11 is 0. The first-order valence-corrected chi connectivity index (χ1v) is 7.85. The van der Waals surface area contributed by atoms with E-state index in [9.17, 15) is 19.5 Å². The van der Waals surface area contributed by atoms with E-state index in [0.717, 1.165) is 4.68 Å². The van der Waals surface area contributed by atoms with Crippen LogP contribution in [0.2, 0.25) is 0 Å². The highest BCUT2D eigenvalue weighted by atomic mass is 16.5. The van der Waals surface area contributed by atoms with Gasteiger partial charge in [-0.25, -0.2) is 9.59 Å². The number of carbonyl (C=O) groups is 3. The third kappa shape index (κ3) is 2.93. The average molecular weight is 358 g/mol. The van der Waals surface area contributed by atoms with Crippen LogP contribution < -0.4 is 10.6 Å². The molecule has 2 aromatic rings. The number of aromatic nitrogens is 2. The highest BCUT2D eigenvalue weighted by Crippen LogP contribution is 2.35. The van der Waals surface area contributed by atoms with Crippen molar-refractivity contribution in [3.63, 3.8) is 0 Å². The van der Waals surface area contributed by atoms with E-state index in [0.29, 0.717) is 28.9 Å². The summed E-state index contributed by atoms with van der Waals surface area (Å²) in [5.74, 6) is -0.755. The van der Waals surface area contributed by atoms with Crippen molar-refractivity contribution in [2.75, 3.05) is 12.4 Å². The quantitative estimate of drug-likeness (QED) is 0.715. The summed E-state index contributed by atoms with van der Waals surface area (Å²) in [5, 5.41) is 19.2. The summed E-state index contributed by atoms with van der Waals surface area (Å²) in [6.07, 6.45) is -1.22. The Hall–Kier alpha value is -3.20. The third-order valence-corrected chi connectivity index (χ3v) is 4.26. The zero-order valence-electron chi connectivity index (χ0n) is 14.5. The predicted octanol–water partition coefficient (Wildman–Crippen LogP) is 1.79. The van der Waals surface area contributed by atoms with E-state index in [-0.39, 0.29) is 5.82 Å². The van der Waals surface area contributed by atoms with Gasteiger partial charge >= 0.3 is 12.1 Å². The number of nitrogens with one attached hydrogen (secondary N) is 2. The van der Waals surface area contributed by atoms with Gasteiger partial charge in [0.25, 0.3) is 5.91 Å². The van der Waals surface area contributed by atoms with Gasteiger partial charge in [-0.1, -0.05) is 0 Å². The van der Waals surface area contributed by atoms with Crippen LogP contribution in [0.4, 0.5) is 10.6 Å². The van der Waals surface area contributed by atoms with E-state index in [1.54, 1.807) is 0 Å². The van der Waals surface area contributed by atoms with Gasteiger partial charge in [-0.15, -0.1) is 5.10 Å². The van der Waals surface area contributed by atoms with Crippen LogP contribution in [-0.2, 0) is 16.8 Å².